The third kappa shape index (κ3) is 5.46. The number of H-pyrrole nitrogens is 1. The molecule has 0 spiro atoms. The number of fused-ring (bicyclic) bond motifs is 1. The molecule has 2 aromatic carbocycles. The summed E-state index contributed by atoms with van der Waals surface area (Å²) < 4.78 is 5.78. The highest BCUT2D eigenvalue weighted by Crippen LogP contribution is 2.19. The van der Waals surface area contributed by atoms with Crippen molar-refractivity contribution in [1.82, 2.24) is 9.88 Å². The van der Waals surface area contributed by atoms with Crippen LogP contribution in [-0.4, -0.2) is 60.4 Å². The van der Waals surface area contributed by atoms with Gasteiger partial charge in [-0.1, -0.05) is 5.92 Å². The molecular formula is C25H27N3O3. The SMILES string of the molecule is CC#Cc1ccc(N2CCN(C[C@H](O)COc3ccc4[nH]c(=O)ccc4c3)CC2)cc1. The minimum Gasteiger partial charge on any atom is -0.491 e. The number of pyridine rings is 1. The van der Waals surface area contributed by atoms with Gasteiger partial charge in [-0.3, -0.25) is 9.69 Å². The van der Waals surface area contributed by atoms with Crippen molar-refractivity contribution in [2.45, 2.75) is 13.0 Å². The van der Waals surface area contributed by atoms with Crippen LogP contribution in [-0.2, 0) is 0 Å². The normalized spacial score (nSPS) is 15.4. The van der Waals surface area contributed by atoms with Crippen LogP contribution in [0.4, 0.5) is 5.69 Å². The number of hydrogen-bond acceptors (Lipinski definition) is 5. The van der Waals surface area contributed by atoms with Crippen LogP contribution in [0, 0.1) is 11.8 Å². The Morgan fingerprint density at radius 2 is 1.84 bits per heavy atom. The Morgan fingerprint density at radius 3 is 2.58 bits per heavy atom. The summed E-state index contributed by atoms with van der Waals surface area (Å²) >= 11 is 0. The maximum Gasteiger partial charge on any atom is 0.248 e. The van der Waals surface area contributed by atoms with Crippen molar-refractivity contribution in [3.8, 4) is 17.6 Å². The van der Waals surface area contributed by atoms with Gasteiger partial charge in [-0.15, -0.1) is 5.92 Å². The highest BCUT2D eigenvalue weighted by atomic mass is 16.5. The second-order valence-electron chi connectivity index (χ2n) is 7.75. The molecule has 2 heterocycles. The number of hydrogen-bond donors (Lipinski definition) is 2. The Bertz CT molecular complexity index is 1140. The first kappa shape index (κ1) is 21.0. The van der Waals surface area contributed by atoms with E-state index in [1.54, 1.807) is 12.1 Å². The quantitative estimate of drug-likeness (QED) is 0.603. The average Bonchev–Trinajstić information content (AvgIpc) is 2.79. The van der Waals surface area contributed by atoms with Crippen molar-refractivity contribution >= 4 is 16.6 Å². The van der Waals surface area contributed by atoms with E-state index in [-0.39, 0.29) is 12.2 Å². The van der Waals surface area contributed by atoms with E-state index in [9.17, 15) is 9.90 Å². The molecule has 6 nitrogen and oxygen atoms in total. The molecule has 1 saturated heterocycles. The monoisotopic (exact) mass is 417 g/mol. The molecule has 1 aliphatic heterocycles. The molecule has 1 fully saturated rings. The van der Waals surface area contributed by atoms with Gasteiger partial charge in [-0.05, 0) is 55.5 Å². The van der Waals surface area contributed by atoms with Crippen LogP contribution in [0.3, 0.4) is 0 Å². The number of nitrogens with one attached hydrogen (secondary N) is 1. The van der Waals surface area contributed by atoms with Crippen LogP contribution in [0.25, 0.3) is 10.9 Å². The number of benzene rings is 2. The fourth-order valence-electron chi connectivity index (χ4n) is 3.85. The molecule has 3 aromatic rings. The van der Waals surface area contributed by atoms with Gasteiger partial charge < -0.3 is 19.7 Å². The average molecular weight is 418 g/mol. The number of rotatable bonds is 6. The van der Waals surface area contributed by atoms with Gasteiger partial charge in [0.05, 0.1) is 0 Å². The number of aromatic nitrogens is 1. The first-order valence-electron chi connectivity index (χ1n) is 10.5. The van der Waals surface area contributed by atoms with Gasteiger partial charge in [-0.25, -0.2) is 0 Å². The predicted molar refractivity (Wildman–Crippen MR) is 124 cm³/mol. The molecule has 31 heavy (non-hydrogen) atoms. The summed E-state index contributed by atoms with van der Waals surface area (Å²) in [6.45, 7) is 6.31. The van der Waals surface area contributed by atoms with Gasteiger partial charge in [0.15, 0.2) is 0 Å². The molecule has 0 saturated carbocycles. The number of aliphatic hydroxyl groups excluding tert-OH is 1. The van der Waals surface area contributed by atoms with E-state index >= 15 is 0 Å². The van der Waals surface area contributed by atoms with E-state index in [0.29, 0.717) is 12.3 Å². The van der Waals surface area contributed by atoms with E-state index in [2.05, 4.69) is 50.9 Å². The van der Waals surface area contributed by atoms with Crippen LogP contribution in [0.15, 0.2) is 59.4 Å². The fourth-order valence-corrected chi connectivity index (χ4v) is 3.85. The molecule has 2 N–H and O–H groups in total. The standard InChI is InChI=1S/C25H27N3O3/c1-2-3-19-4-7-21(8-5-19)28-14-12-27(13-15-28)17-22(29)18-31-23-9-10-24-20(16-23)6-11-25(30)26-24/h4-11,16,22,29H,12-15,17-18H2,1H3,(H,26,30)/t22-/m0/s1. The molecule has 0 radical (unpaired) electrons. The molecule has 4 rings (SSSR count). The van der Waals surface area contributed by atoms with Crippen LogP contribution in [0.1, 0.15) is 12.5 Å². The van der Waals surface area contributed by atoms with Crippen molar-refractivity contribution in [2.75, 3.05) is 44.2 Å². The van der Waals surface area contributed by atoms with E-state index in [1.807, 2.05) is 19.1 Å². The Labute approximate surface area is 182 Å². The third-order valence-corrected chi connectivity index (χ3v) is 5.48. The number of ether oxygens (including phenoxy) is 1. The third-order valence-electron chi connectivity index (χ3n) is 5.48. The largest absolute Gasteiger partial charge is 0.491 e. The van der Waals surface area contributed by atoms with Crippen molar-refractivity contribution in [3.63, 3.8) is 0 Å². The lowest BCUT2D eigenvalue weighted by molar-refractivity contribution is 0.0663. The van der Waals surface area contributed by atoms with E-state index in [1.165, 1.54) is 11.8 Å². The molecule has 6 heteroatoms. The predicted octanol–water partition coefficient (Wildman–Crippen LogP) is 2.46. The van der Waals surface area contributed by atoms with E-state index < -0.39 is 6.10 Å². The van der Waals surface area contributed by atoms with Gasteiger partial charge in [0.2, 0.25) is 5.56 Å². The number of piperazine rings is 1. The number of aromatic amines is 1. The maximum absolute atomic E-state index is 11.4. The zero-order chi connectivity index (χ0) is 21.6. The van der Waals surface area contributed by atoms with E-state index in [0.717, 1.165) is 42.6 Å². The van der Waals surface area contributed by atoms with E-state index in [4.69, 9.17) is 4.74 Å². The molecule has 0 aliphatic carbocycles. The Kier molecular flexibility index (Phi) is 6.56. The number of β-amino-alcohol motifs (C(OH)–C–C–N with tert-alkyl or cyclic N) is 1. The molecule has 0 bridgehead atoms. The topological polar surface area (TPSA) is 68.8 Å². The molecular weight excluding hydrogens is 390 g/mol. The van der Waals surface area contributed by atoms with Crippen LogP contribution in [0.5, 0.6) is 5.75 Å². The highest BCUT2D eigenvalue weighted by Gasteiger charge is 2.19. The summed E-state index contributed by atoms with van der Waals surface area (Å²) in [5.41, 5.74) is 2.89. The zero-order valence-electron chi connectivity index (χ0n) is 17.7. The van der Waals surface area contributed by atoms with Gasteiger partial charge in [-0.2, -0.15) is 0 Å². The first-order valence-corrected chi connectivity index (χ1v) is 10.5. The van der Waals surface area contributed by atoms with Crippen molar-refractivity contribution in [1.29, 1.82) is 0 Å². The second-order valence-corrected chi connectivity index (χ2v) is 7.75. The summed E-state index contributed by atoms with van der Waals surface area (Å²) in [4.78, 5) is 18.8. The zero-order valence-corrected chi connectivity index (χ0v) is 17.7. The highest BCUT2D eigenvalue weighted by molar-refractivity contribution is 5.79. The minimum atomic E-state index is -0.565. The molecule has 1 atom stereocenters. The van der Waals surface area contributed by atoms with Crippen LogP contribution < -0.4 is 15.2 Å². The number of nitrogens with zero attached hydrogens (tertiary/aromatic N) is 2. The maximum atomic E-state index is 11.4. The fraction of sp³-hybridized carbons (Fsp3) is 0.320. The van der Waals surface area contributed by atoms with Crippen molar-refractivity contribution < 1.29 is 9.84 Å². The molecule has 0 unspecified atom stereocenters. The molecule has 1 aromatic heterocycles. The summed E-state index contributed by atoms with van der Waals surface area (Å²) in [5.74, 6) is 6.67. The molecule has 0 amide bonds. The van der Waals surface area contributed by atoms with Gasteiger partial charge in [0.1, 0.15) is 18.5 Å². The smallest absolute Gasteiger partial charge is 0.248 e. The second kappa shape index (κ2) is 9.69. The molecule has 1 aliphatic rings. The van der Waals surface area contributed by atoms with Crippen molar-refractivity contribution in [2.24, 2.45) is 0 Å². The lowest BCUT2D eigenvalue weighted by Crippen LogP contribution is -2.49. The summed E-state index contributed by atoms with van der Waals surface area (Å²) in [7, 11) is 0. The summed E-state index contributed by atoms with van der Waals surface area (Å²) in [6.07, 6.45) is -0.565. The lowest BCUT2D eigenvalue weighted by Gasteiger charge is -2.36. The summed E-state index contributed by atoms with van der Waals surface area (Å²) in [6, 6.07) is 17.1. The summed E-state index contributed by atoms with van der Waals surface area (Å²) in [5, 5.41) is 11.3. The molecule has 160 valence electrons. The minimum absolute atomic E-state index is 0.125. The van der Waals surface area contributed by atoms with Crippen LogP contribution >= 0.6 is 0 Å². The Balaban J connectivity index is 1.24. The van der Waals surface area contributed by atoms with Gasteiger partial charge in [0, 0.05) is 60.9 Å². The number of anilines is 1. The Hall–Kier alpha value is -3.27. The van der Waals surface area contributed by atoms with Gasteiger partial charge in [0.25, 0.3) is 0 Å². The number of aliphatic hydroxyl groups is 1. The van der Waals surface area contributed by atoms with Crippen molar-refractivity contribution in [3.05, 3.63) is 70.5 Å². The lowest BCUT2D eigenvalue weighted by atomic mass is 10.2. The van der Waals surface area contributed by atoms with Crippen LogP contribution in [0.2, 0.25) is 0 Å². The Morgan fingerprint density at radius 1 is 1.06 bits per heavy atom. The first-order chi connectivity index (χ1) is 15.1. The van der Waals surface area contributed by atoms with Gasteiger partial charge >= 0.3 is 0 Å².